The monoisotopic (exact) mass is 651 g/mol. The summed E-state index contributed by atoms with van der Waals surface area (Å²) in [6.07, 6.45) is 0.160. The highest BCUT2D eigenvalue weighted by Gasteiger charge is 2.60. The Labute approximate surface area is 251 Å². The lowest BCUT2D eigenvalue weighted by atomic mass is 9.90. The second-order valence-electron chi connectivity index (χ2n) is 9.51. The van der Waals surface area contributed by atoms with Gasteiger partial charge >= 0.3 is 5.97 Å². The van der Waals surface area contributed by atoms with Crippen molar-refractivity contribution in [2.24, 2.45) is 13.0 Å². The number of imide groups is 1. The highest BCUT2D eigenvalue weighted by molar-refractivity contribution is 9.10. The number of nitro benzene ring substituents is 1. The van der Waals surface area contributed by atoms with Crippen molar-refractivity contribution in [3.05, 3.63) is 110 Å². The molecule has 2 aliphatic heterocycles. The third-order valence-electron chi connectivity index (χ3n) is 7.01. The van der Waals surface area contributed by atoms with Crippen molar-refractivity contribution in [3.63, 3.8) is 0 Å². The molecule has 1 aromatic heterocycles. The van der Waals surface area contributed by atoms with E-state index in [0.29, 0.717) is 16.9 Å². The summed E-state index contributed by atoms with van der Waals surface area (Å²) in [7, 11) is 1.56. The number of non-ortho nitro benzene ring substituents is 1. The summed E-state index contributed by atoms with van der Waals surface area (Å²) >= 11 is 9.40. The van der Waals surface area contributed by atoms with Crippen LogP contribution in [0.15, 0.2) is 83.5 Å². The zero-order valence-electron chi connectivity index (χ0n) is 21.6. The van der Waals surface area contributed by atoms with Crippen LogP contribution in [0.5, 0.6) is 5.75 Å². The number of ether oxygens (including phenoxy) is 1. The van der Waals surface area contributed by atoms with Crippen LogP contribution in [0.4, 0.5) is 17.1 Å². The minimum Gasteiger partial charge on any atom is -0.422 e. The van der Waals surface area contributed by atoms with Gasteiger partial charge in [0.1, 0.15) is 11.7 Å². The van der Waals surface area contributed by atoms with Gasteiger partial charge in [0.2, 0.25) is 5.91 Å². The number of esters is 1. The summed E-state index contributed by atoms with van der Waals surface area (Å²) in [6, 6.07) is 17.9. The van der Waals surface area contributed by atoms with Crippen LogP contribution in [0.1, 0.15) is 22.1 Å². The lowest BCUT2D eigenvalue weighted by Crippen LogP contribution is -2.37. The summed E-state index contributed by atoms with van der Waals surface area (Å²) in [6.45, 7) is 0. The van der Waals surface area contributed by atoms with E-state index < -0.39 is 40.8 Å². The van der Waals surface area contributed by atoms with E-state index in [-0.39, 0.29) is 22.2 Å². The normalized spacial score (nSPS) is 19.7. The van der Waals surface area contributed by atoms with E-state index in [1.165, 1.54) is 46.3 Å². The van der Waals surface area contributed by atoms with Crippen LogP contribution in [0.3, 0.4) is 0 Å². The average Bonchev–Trinajstić information content (AvgIpc) is 3.61. The van der Waals surface area contributed by atoms with Gasteiger partial charge in [-0.2, -0.15) is 5.10 Å². The van der Waals surface area contributed by atoms with Crippen LogP contribution in [-0.2, 0) is 21.5 Å². The van der Waals surface area contributed by atoms with Crippen molar-refractivity contribution in [1.82, 2.24) is 9.78 Å². The summed E-state index contributed by atoms with van der Waals surface area (Å²) in [5, 5.41) is 16.9. The second-order valence-corrected chi connectivity index (χ2v) is 10.8. The summed E-state index contributed by atoms with van der Waals surface area (Å²) in [4.78, 5) is 58.1. The molecule has 12 nitrogen and oxygen atoms in total. The molecule has 0 unspecified atom stereocenters. The number of aryl methyl sites for hydroxylation is 1. The molecule has 212 valence electrons. The number of benzene rings is 3. The Hall–Kier alpha value is -4.59. The molecule has 0 N–H and O–H groups in total. The molecule has 3 atom stereocenters. The Morgan fingerprint density at radius 3 is 2.40 bits per heavy atom. The minimum atomic E-state index is -1.17. The predicted molar refractivity (Wildman–Crippen MR) is 153 cm³/mol. The molecule has 0 bridgehead atoms. The van der Waals surface area contributed by atoms with E-state index >= 15 is 0 Å². The molecular weight excluding hydrogens is 634 g/mol. The zero-order chi connectivity index (χ0) is 29.7. The quantitative estimate of drug-likeness (QED) is 0.0925. The average molecular weight is 653 g/mol. The maximum atomic E-state index is 13.8. The van der Waals surface area contributed by atoms with Crippen LogP contribution < -0.4 is 14.7 Å². The third kappa shape index (κ3) is 4.70. The number of nitro groups is 1. The van der Waals surface area contributed by atoms with Gasteiger partial charge < -0.3 is 4.74 Å². The zero-order valence-corrected chi connectivity index (χ0v) is 23.9. The van der Waals surface area contributed by atoms with E-state index in [2.05, 4.69) is 21.0 Å². The fourth-order valence-electron chi connectivity index (χ4n) is 5.09. The van der Waals surface area contributed by atoms with E-state index in [4.69, 9.17) is 21.2 Å². The van der Waals surface area contributed by atoms with Gasteiger partial charge in [0, 0.05) is 23.7 Å². The standard InChI is InChI=1S/C28H19BrClN5O7/c1-32-24(21(30)14-31-32)28(38)41-20-11-5-15(6-12-20)23-22-25(42-34(23)18-3-2-4-19(13-18)35(39)40)27(37)33(26(22)36)17-9-7-16(29)8-10-17/h2-14,22-23,25H,1H3/t22-,23+,25+/m1/s1. The lowest BCUT2D eigenvalue weighted by molar-refractivity contribution is -0.384. The van der Waals surface area contributed by atoms with Crippen molar-refractivity contribution in [2.45, 2.75) is 12.1 Å². The first-order chi connectivity index (χ1) is 20.1. The first-order valence-corrected chi connectivity index (χ1v) is 13.6. The number of hydrogen-bond acceptors (Lipinski definition) is 9. The second kappa shape index (κ2) is 10.7. The highest BCUT2D eigenvalue weighted by Crippen LogP contribution is 2.48. The molecule has 42 heavy (non-hydrogen) atoms. The number of carbonyl (C=O) groups excluding carboxylic acids is 3. The Morgan fingerprint density at radius 1 is 1.05 bits per heavy atom. The highest BCUT2D eigenvalue weighted by atomic mass is 79.9. The number of rotatable bonds is 6. The van der Waals surface area contributed by atoms with E-state index in [1.807, 2.05) is 0 Å². The molecule has 3 heterocycles. The lowest BCUT2D eigenvalue weighted by Gasteiger charge is -2.28. The molecule has 2 aliphatic rings. The van der Waals surface area contributed by atoms with Crippen molar-refractivity contribution in [2.75, 3.05) is 9.96 Å². The fourth-order valence-corrected chi connectivity index (χ4v) is 5.60. The fraction of sp³-hybridized carbons (Fsp3) is 0.143. The molecule has 2 amide bonds. The van der Waals surface area contributed by atoms with Crippen LogP contribution >= 0.6 is 27.5 Å². The summed E-state index contributed by atoms with van der Waals surface area (Å²) < 4.78 is 7.54. The molecular formula is C28H19BrClN5O7. The molecule has 4 aromatic rings. The number of hydrogen-bond donors (Lipinski definition) is 0. The van der Waals surface area contributed by atoms with Crippen LogP contribution in [0.25, 0.3) is 0 Å². The van der Waals surface area contributed by atoms with Crippen molar-refractivity contribution in [3.8, 4) is 5.75 Å². The van der Waals surface area contributed by atoms with Crippen LogP contribution in [0.2, 0.25) is 5.02 Å². The predicted octanol–water partition coefficient (Wildman–Crippen LogP) is 5.01. The molecule has 2 saturated heterocycles. The van der Waals surface area contributed by atoms with Crippen molar-refractivity contribution < 1.29 is 28.9 Å². The topological polar surface area (TPSA) is 137 Å². The first-order valence-electron chi connectivity index (χ1n) is 12.5. The van der Waals surface area contributed by atoms with Gasteiger partial charge in [-0.15, -0.1) is 0 Å². The number of aromatic nitrogens is 2. The number of carbonyl (C=O) groups is 3. The molecule has 0 aliphatic carbocycles. The number of hydroxylamine groups is 1. The van der Waals surface area contributed by atoms with E-state index in [9.17, 15) is 24.5 Å². The molecule has 0 spiro atoms. The van der Waals surface area contributed by atoms with Crippen molar-refractivity contribution in [1.29, 1.82) is 0 Å². The van der Waals surface area contributed by atoms with Gasteiger partial charge in [-0.3, -0.25) is 29.2 Å². The molecule has 3 aromatic carbocycles. The maximum Gasteiger partial charge on any atom is 0.363 e. The SMILES string of the molecule is Cn1ncc(Cl)c1C(=O)Oc1ccc([C@H]2[C@H]3C(=O)N(c4ccc(Br)cc4)C(=O)[C@H]3ON2c2cccc([N+](=O)[O-])c2)cc1. The number of anilines is 2. The molecule has 14 heteroatoms. The minimum absolute atomic E-state index is 0.0766. The number of amides is 2. The van der Waals surface area contributed by atoms with Crippen molar-refractivity contribution >= 4 is 62.4 Å². The largest absolute Gasteiger partial charge is 0.422 e. The molecule has 0 saturated carbocycles. The Balaban J connectivity index is 1.36. The Kier molecular flexibility index (Phi) is 7.01. The molecule has 6 rings (SSSR count). The summed E-state index contributed by atoms with van der Waals surface area (Å²) in [5.41, 5.74) is 1.12. The third-order valence-corrected chi connectivity index (χ3v) is 7.82. The van der Waals surface area contributed by atoms with Gasteiger partial charge in [-0.05, 0) is 48.0 Å². The maximum absolute atomic E-state index is 13.8. The van der Waals surface area contributed by atoms with E-state index in [1.54, 1.807) is 49.5 Å². The first kappa shape index (κ1) is 27.6. The smallest absolute Gasteiger partial charge is 0.363 e. The van der Waals surface area contributed by atoms with Gasteiger partial charge in [0.15, 0.2) is 11.8 Å². The molecule has 2 fully saturated rings. The number of halogens is 2. The van der Waals surface area contributed by atoms with Gasteiger partial charge in [-0.1, -0.05) is 45.7 Å². The van der Waals surface area contributed by atoms with Crippen LogP contribution in [-0.4, -0.2) is 38.6 Å². The molecule has 0 radical (unpaired) electrons. The van der Waals surface area contributed by atoms with Gasteiger partial charge in [0.25, 0.3) is 11.6 Å². The van der Waals surface area contributed by atoms with Crippen LogP contribution in [0, 0.1) is 16.0 Å². The summed E-state index contributed by atoms with van der Waals surface area (Å²) in [5.74, 6) is -2.52. The Bertz CT molecular complexity index is 1720. The van der Waals surface area contributed by atoms with E-state index in [0.717, 1.165) is 9.37 Å². The van der Waals surface area contributed by atoms with Gasteiger partial charge in [0.05, 0.1) is 33.6 Å². The Morgan fingerprint density at radius 2 is 1.76 bits per heavy atom. The number of fused-ring (bicyclic) bond motifs is 1. The number of nitrogens with zero attached hydrogens (tertiary/aromatic N) is 5. The van der Waals surface area contributed by atoms with Gasteiger partial charge in [-0.25, -0.2) is 14.8 Å².